The molecule has 2 N–H and O–H groups in total. The molecule has 2 heterocycles. The number of piperidine rings is 1. The minimum Gasteiger partial charge on any atom is -0.493 e. The molecule has 1 aliphatic carbocycles. The van der Waals surface area contributed by atoms with Gasteiger partial charge in [0.15, 0.2) is 9.84 Å². The van der Waals surface area contributed by atoms with E-state index in [-0.39, 0.29) is 5.41 Å². The lowest BCUT2D eigenvalue weighted by atomic mass is 10.0. The van der Waals surface area contributed by atoms with Crippen LogP contribution in [0.15, 0.2) is 59.8 Å². The standard InChI is InChI=1S/C27H32N4O3S/c1-4-18-13-29-26(30-14-18)31-15-23-24(27(23,2)17-31)16-34-25-10-7-20(11-21(25)12-28)19-5-8-22(9-6-19)35(3,32)33/h5-11,13-14,23-24H,4,12,15-17,28H2,1-3H3. The van der Waals surface area contributed by atoms with Crippen LogP contribution in [0.5, 0.6) is 5.75 Å². The molecule has 1 aliphatic heterocycles. The predicted octanol–water partition coefficient (Wildman–Crippen LogP) is 3.72. The van der Waals surface area contributed by atoms with Crippen molar-refractivity contribution in [1.29, 1.82) is 0 Å². The van der Waals surface area contributed by atoms with E-state index in [4.69, 9.17) is 10.5 Å². The Hall–Kier alpha value is -2.97. The molecule has 3 aromatic rings. The van der Waals surface area contributed by atoms with Crippen molar-refractivity contribution >= 4 is 15.8 Å². The van der Waals surface area contributed by atoms with Gasteiger partial charge in [0.05, 0.1) is 11.5 Å². The zero-order valence-corrected chi connectivity index (χ0v) is 21.3. The van der Waals surface area contributed by atoms with Gasteiger partial charge < -0.3 is 15.4 Å². The summed E-state index contributed by atoms with van der Waals surface area (Å²) in [5.41, 5.74) is 10.3. The largest absolute Gasteiger partial charge is 0.493 e. The first-order chi connectivity index (χ1) is 16.7. The highest BCUT2D eigenvalue weighted by atomic mass is 32.2. The van der Waals surface area contributed by atoms with Crippen molar-refractivity contribution in [3.8, 4) is 16.9 Å². The second-order valence-corrected chi connectivity index (χ2v) is 12.0. The van der Waals surface area contributed by atoms with Gasteiger partial charge in [0.25, 0.3) is 0 Å². The van der Waals surface area contributed by atoms with Gasteiger partial charge in [-0.1, -0.05) is 32.0 Å². The lowest BCUT2D eigenvalue weighted by Crippen LogP contribution is -2.29. The number of hydrogen-bond donors (Lipinski definition) is 1. The van der Waals surface area contributed by atoms with Crippen molar-refractivity contribution in [2.45, 2.75) is 31.7 Å². The maximum atomic E-state index is 11.7. The van der Waals surface area contributed by atoms with Gasteiger partial charge in [-0.25, -0.2) is 18.4 Å². The second-order valence-electron chi connectivity index (χ2n) is 9.98. The fraction of sp³-hybridized carbons (Fsp3) is 0.407. The molecule has 1 aromatic heterocycles. The van der Waals surface area contributed by atoms with Gasteiger partial charge in [-0.15, -0.1) is 0 Å². The maximum absolute atomic E-state index is 11.7. The molecule has 0 spiro atoms. The number of fused-ring (bicyclic) bond motifs is 1. The lowest BCUT2D eigenvalue weighted by Gasteiger charge is -2.22. The first-order valence-corrected chi connectivity index (χ1v) is 13.9. The molecule has 35 heavy (non-hydrogen) atoms. The molecule has 1 saturated carbocycles. The average Bonchev–Trinajstić information content (AvgIpc) is 3.22. The van der Waals surface area contributed by atoms with Crippen LogP contribution in [0.25, 0.3) is 11.1 Å². The second kappa shape index (κ2) is 8.91. The van der Waals surface area contributed by atoms with Gasteiger partial charge in [0, 0.05) is 49.8 Å². The van der Waals surface area contributed by atoms with E-state index >= 15 is 0 Å². The number of anilines is 1. The summed E-state index contributed by atoms with van der Waals surface area (Å²) < 4.78 is 29.7. The van der Waals surface area contributed by atoms with Crippen LogP contribution >= 0.6 is 0 Å². The average molecular weight is 493 g/mol. The summed E-state index contributed by atoms with van der Waals surface area (Å²) >= 11 is 0. The molecule has 0 amide bonds. The molecular formula is C27H32N4O3S. The lowest BCUT2D eigenvalue weighted by molar-refractivity contribution is 0.268. The summed E-state index contributed by atoms with van der Waals surface area (Å²) in [5, 5.41) is 0. The molecule has 7 nitrogen and oxygen atoms in total. The van der Waals surface area contributed by atoms with E-state index in [2.05, 4.69) is 28.7 Å². The summed E-state index contributed by atoms with van der Waals surface area (Å²) in [5.74, 6) is 2.71. The number of ether oxygens (including phenoxy) is 1. The fourth-order valence-corrected chi connectivity index (χ4v) is 5.96. The van der Waals surface area contributed by atoms with Crippen molar-refractivity contribution in [2.24, 2.45) is 23.0 Å². The van der Waals surface area contributed by atoms with Gasteiger partial charge in [-0.3, -0.25) is 0 Å². The number of hydrogen-bond acceptors (Lipinski definition) is 7. The first-order valence-electron chi connectivity index (χ1n) is 12.0. The third-order valence-corrected chi connectivity index (χ3v) is 8.85. The number of aryl methyl sites for hydroxylation is 1. The SMILES string of the molecule is CCc1cnc(N2CC3C(COc4ccc(-c5ccc(S(C)(=O)=O)cc5)cc4CN)C3(C)C2)nc1. The first kappa shape index (κ1) is 23.8. The molecule has 1 saturated heterocycles. The Morgan fingerprint density at radius 1 is 1.11 bits per heavy atom. The van der Waals surface area contributed by atoms with Crippen LogP contribution in [-0.2, 0) is 22.8 Å². The molecule has 2 aliphatic rings. The van der Waals surface area contributed by atoms with Gasteiger partial charge in [0.2, 0.25) is 5.95 Å². The van der Waals surface area contributed by atoms with Crippen LogP contribution in [0.3, 0.4) is 0 Å². The van der Waals surface area contributed by atoms with Crippen LogP contribution in [0.4, 0.5) is 5.95 Å². The molecule has 3 atom stereocenters. The number of sulfone groups is 1. The normalized spacial score (nSPS) is 23.3. The number of benzene rings is 2. The van der Waals surface area contributed by atoms with Crippen LogP contribution < -0.4 is 15.4 Å². The summed E-state index contributed by atoms with van der Waals surface area (Å²) in [7, 11) is -3.21. The molecule has 5 rings (SSSR count). The van der Waals surface area contributed by atoms with Crippen molar-refractivity contribution in [2.75, 3.05) is 30.9 Å². The Bertz CT molecular complexity index is 1330. The third kappa shape index (κ3) is 4.52. The van der Waals surface area contributed by atoms with E-state index in [0.29, 0.717) is 29.9 Å². The van der Waals surface area contributed by atoms with Crippen molar-refractivity contribution in [3.05, 3.63) is 66.0 Å². The van der Waals surface area contributed by atoms with Gasteiger partial charge in [0.1, 0.15) is 5.75 Å². The van der Waals surface area contributed by atoms with Gasteiger partial charge >= 0.3 is 0 Å². The van der Waals surface area contributed by atoms with E-state index in [0.717, 1.165) is 53.5 Å². The third-order valence-electron chi connectivity index (χ3n) is 7.72. The van der Waals surface area contributed by atoms with E-state index in [9.17, 15) is 8.42 Å². The Kier molecular flexibility index (Phi) is 6.05. The summed E-state index contributed by atoms with van der Waals surface area (Å²) in [6.07, 6.45) is 6.01. The quantitative estimate of drug-likeness (QED) is 0.512. The van der Waals surface area contributed by atoms with Crippen molar-refractivity contribution < 1.29 is 13.2 Å². The molecule has 2 aromatic carbocycles. The molecule has 0 radical (unpaired) electrons. The number of rotatable bonds is 8. The van der Waals surface area contributed by atoms with Crippen molar-refractivity contribution in [3.63, 3.8) is 0 Å². The van der Waals surface area contributed by atoms with Crippen molar-refractivity contribution in [1.82, 2.24) is 9.97 Å². The molecule has 3 unspecified atom stereocenters. The minimum atomic E-state index is -3.21. The predicted molar refractivity (Wildman–Crippen MR) is 137 cm³/mol. The van der Waals surface area contributed by atoms with Gasteiger partial charge in [-0.05, 0) is 58.7 Å². The summed E-state index contributed by atoms with van der Waals surface area (Å²) in [6, 6.07) is 12.9. The Morgan fingerprint density at radius 2 is 1.80 bits per heavy atom. The zero-order valence-electron chi connectivity index (χ0n) is 20.4. The molecule has 8 heteroatoms. The highest BCUT2D eigenvalue weighted by molar-refractivity contribution is 7.90. The Morgan fingerprint density at radius 3 is 2.37 bits per heavy atom. The molecule has 2 fully saturated rings. The molecular weight excluding hydrogens is 460 g/mol. The topological polar surface area (TPSA) is 98.4 Å². The zero-order chi connectivity index (χ0) is 24.8. The van der Waals surface area contributed by atoms with E-state index in [1.807, 2.05) is 42.7 Å². The number of nitrogens with two attached hydrogens (primary N) is 1. The molecule has 0 bridgehead atoms. The summed E-state index contributed by atoms with van der Waals surface area (Å²) in [6.45, 7) is 7.39. The molecule has 184 valence electrons. The van der Waals surface area contributed by atoms with Gasteiger partial charge in [-0.2, -0.15) is 0 Å². The van der Waals surface area contributed by atoms with Crippen LogP contribution in [0.2, 0.25) is 0 Å². The van der Waals surface area contributed by atoms with Crippen LogP contribution in [-0.4, -0.2) is 44.3 Å². The minimum absolute atomic E-state index is 0.219. The van der Waals surface area contributed by atoms with E-state index in [1.165, 1.54) is 6.26 Å². The highest BCUT2D eigenvalue weighted by Gasteiger charge is 2.66. The maximum Gasteiger partial charge on any atom is 0.225 e. The Labute approximate surface area is 207 Å². The highest BCUT2D eigenvalue weighted by Crippen LogP contribution is 2.63. The van der Waals surface area contributed by atoms with Crippen LogP contribution in [0.1, 0.15) is 25.0 Å². The Balaban J connectivity index is 1.22. The number of nitrogens with zero attached hydrogens (tertiary/aromatic N) is 3. The summed E-state index contributed by atoms with van der Waals surface area (Å²) in [4.78, 5) is 11.7. The number of aromatic nitrogens is 2. The van der Waals surface area contributed by atoms with E-state index < -0.39 is 9.84 Å². The fourth-order valence-electron chi connectivity index (χ4n) is 5.33. The monoisotopic (exact) mass is 492 g/mol. The van der Waals surface area contributed by atoms with Crippen LogP contribution in [0, 0.1) is 17.3 Å². The van der Waals surface area contributed by atoms with E-state index in [1.54, 1.807) is 12.1 Å². The smallest absolute Gasteiger partial charge is 0.225 e.